The van der Waals surface area contributed by atoms with Gasteiger partial charge >= 0.3 is 5.97 Å². The van der Waals surface area contributed by atoms with E-state index in [4.69, 9.17) is 14.5 Å². The topological polar surface area (TPSA) is 303 Å². The average Bonchev–Trinajstić information content (AvgIpc) is 4.18. The zero-order chi connectivity index (χ0) is 56.9. The van der Waals surface area contributed by atoms with Crippen molar-refractivity contribution in [1.29, 1.82) is 0 Å². The molecule has 4 aromatic rings. The highest BCUT2D eigenvalue weighted by Gasteiger charge is 2.48. The molecule has 22 nitrogen and oxygen atoms in total. The predicted molar refractivity (Wildman–Crippen MR) is 284 cm³/mol. The van der Waals surface area contributed by atoms with Crippen molar-refractivity contribution in [3.63, 3.8) is 0 Å². The summed E-state index contributed by atoms with van der Waals surface area (Å²) in [5, 5.41) is 28.1. The van der Waals surface area contributed by atoms with Gasteiger partial charge < -0.3 is 51.0 Å². The highest BCUT2D eigenvalue weighted by molar-refractivity contribution is 6.12. The van der Waals surface area contributed by atoms with E-state index in [9.17, 15) is 53.1 Å². The van der Waals surface area contributed by atoms with Crippen molar-refractivity contribution in [2.45, 2.75) is 122 Å². The third kappa shape index (κ3) is 11.7. The van der Waals surface area contributed by atoms with Gasteiger partial charge in [0.2, 0.25) is 35.4 Å². The van der Waals surface area contributed by atoms with Gasteiger partial charge in [0, 0.05) is 47.7 Å². The number of rotatable bonds is 24. The fourth-order valence-corrected chi connectivity index (χ4v) is 11.1. The second-order valence-electron chi connectivity index (χ2n) is 21.0. The van der Waals surface area contributed by atoms with Crippen LogP contribution in [0.1, 0.15) is 116 Å². The summed E-state index contributed by atoms with van der Waals surface area (Å²) in [7, 11) is 0. The van der Waals surface area contributed by atoms with Gasteiger partial charge in [-0.1, -0.05) is 50.1 Å². The van der Waals surface area contributed by atoms with Crippen molar-refractivity contribution in [2.24, 2.45) is 5.41 Å². The largest absolute Gasteiger partial charge is 0.458 e. The fourth-order valence-electron chi connectivity index (χ4n) is 11.1. The van der Waals surface area contributed by atoms with E-state index in [0.717, 1.165) is 22.4 Å². The van der Waals surface area contributed by atoms with Gasteiger partial charge in [0.25, 0.3) is 17.4 Å². The standard InChI is InChI=1S/C57H64FN9O13/c1-3-57(78)37-23-42-51-35(28-67(42)53(75)36(37)29-80-55(57)77)50-39(17-15-34-32(2)38(58)24-41(64-51)49(34)50)65-54(76)56(20-10-21-56)30-79-31-62-45(70)26-61-52(74)40(16-14-33-11-6-4-7-12-33)63-46(71)27-60-44(69)25-59-43(68)13-8-5-9-22-66-47(72)18-19-48(66)73/h4,6-7,11-12,18-19,23-24,39-40,78H,3,5,8-10,13-17,20-22,25-31H2,1-2H3,(H,59,68)(H,60,69)(H,61,74)(H,62,70)(H,63,71)(H,65,76)/t39-,40-,57-/m0/s1. The second-order valence-corrected chi connectivity index (χ2v) is 21.0. The van der Waals surface area contributed by atoms with E-state index in [1.165, 1.54) is 22.8 Å². The number of hydrogen-bond acceptors (Lipinski definition) is 14. The van der Waals surface area contributed by atoms with Gasteiger partial charge in [-0.3, -0.25) is 48.1 Å². The number of aliphatic hydroxyl groups is 1. The monoisotopic (exact) mass is 1100 g/mol. The Morgan fingerprint density at radius 3 is 2.31 bits per heavy atom. The van der Waals surface area contributed by atoms with Crippen molar-refractivity contribution in [3.05, 3.63) is 110 Å². The molecule has 2 aromatic heterocycles. The number of aromatic nitrogens is 2. The lowest BCUT2D eigenvalue weighted by Crippen LogP contribution is -2.52. The molecule has 0 saturated heterocycles. The number of halogens is 1. The summed E-state index contributed by atoms with van der Waals surface area (Å²) < 4.78 is 28.2. The number of unbranched alkanes of at least 4 members (excludes halogenated alkanes) is 2. The van der Waals surface area contributed by atoms with Crippen LogP contribution in [0.15, 0.2) is 59.4 Å². The van der Waals surface area contributed by atoms with Crippen molar-refractivity contribution < 1.29 is 62.1 Å². The van der Waals surface area contributed by atoms with Gasteiger partial charge in [0.1, 0.15) is 25.2 Å². The van der Waals surface area contributed by atoms with Crippen LogP contribution in [0.3, 0.4) is 0 Å². The summed E-state index contributed by atoms with van der Waals surface area (Å²) in [6.45, 7) is 1.65. The van der Waals surface area contributed by atoms with Crippen molar-refractivity contribution in [3.8, 4) is 11.4 Å². The molecular formula is C57H64FN9O13. The van der Waals surface area contributed by atoms with Crippen molar-refractivity contribution in [2.75, 3.05) is 39.5 Å². The normalized spacial score (nSPS) is 18.5. The van der Waals surface area contributed by atoms with Crippen LogP contribution in [0.25, 0.3) is 22.3 Å². The number of nitrogens with one attached hydrogen (secondary N) is 6. The number of cyclic esters (lactones) is 1. The zero-order valence-electron chi connectivity index (χ0n) is 44.6. The Morgan fingerprint density at radius 1 is 0.875 bits per heavy atom. The first-order chi connectivity index (χ1) is 38.4. The maximum Gasteiger partial charge on any atom is 0.343 e. The molecule has 0 radical (unpaired) electrons. The van der Waals surface area contributed by atoms with E-state index in [2.05, 4.69) is 31.9 Å². The molecule has 2 aliphatic carbocycles. The molecule has 422 valence electrons. The summed E-state index contributed by atoms with van der Waals surface area (Å²) in [6.07, 6.45) is 7.21. The number of pyridine rings is 2. The summed E-state index contributed by atoms with van der Waals surface area (Å²) in [4.78, 5) is 135. The lowest BCUT2D eigenvalue weighted by molar-refractivity contribution is -0.172. The van der Waals surface area contributed by atoms with Crippen LogP contribution in [0.5, 0.6) is 0 Å². The molecule has 0 unspecified atom stereocenters. The minimum atomic E-state index is -2.04. The Morgan fingerprint density at radius 2 is 1.59 bits per heavy atom. The Balaban J connectivity index is 0.762. The number of ether oxygens (including phenoxy) is 2. The number of amides is 8. The first kappa shape index (κ1) is 56.5. The van der Waals surface area contributed by atoms with E-state index in [-0.39, 0.29) is 81.1 Å². The number of fused-ring (bicyclic) bond motifs is 5. The number of carbonyl (C=O) groups is 9. The molecule has 0 spiro atoms. The molecule has 3 atom stereocenters. The maximum absolute atomic E-state index is 15.5. The van der Waals surface area contributed by atoms with Gasteiger partial charge in [-0.25, -0.2) is 14.2 Å². The molecule has 0 bridgehead atoms. The van der Waals surface area contributed by atoms with E-state index in [1.54, 1.807) is 19.9 Å². The Labute approximate surface area is 459 Å². The quantitative estimate of drug-likeness (QED) is 0.0201. The molecule has 1 fully saturated rings. The SMILES string of the molecule is CC[C@@]1(O)C(=O)OCc2c1cc1n(c2=O)Cc2c-1nc1cc(F)c(C)c3c1c2[C@@H](NC(=O)C1(COCNC(=O)CNC(=O)[C@H](CCc2ccccc2)NC(=O)CNC(=O)CNC(=O)CCCCCN2C(=O)C=CC2=O)CCC1)CC3. The molecule has 3 aliphatic heterocycles. The number of aryl methyl sites for hydroxylation is 2. The highest BCUT2D eigenvalue weighted by Crippen LogP contribution is 2.47. The molecule has 8 amide bonds. The first-order valence-corrected chi connectivity index (χ1v) is 27.1. The Hall–Kier alpha value is -8.18. The van der Waals surface area contributed by atoms with Gasteiger partial charge in [0.05, 0.1) is 66.7 Å². The number of nitrogens with zero attached hydrogens (tertiary/aromatic N) is 3. The van der Waals surface area contributed by atoms with E-state index in [1.807, 2.05) is 30.3 Å². The third-order valence-electron chi connectivity index (χ3n) is 15.9. The number of imide groups is 1. The lowest BCUT2D eigenvalue weighted by Gasteiger charge is -2.41. The van der Waals surface area contributed by atoms with Crippen LogP contribution in [0, 0.1) is 18.2 Å². The molecule has 9 rings (SSSR count). The predicted octanol–water partition coefficient (Wildman–Crippen LogP) is 1.84. The van der Waals surface area contributed by atoms with Crippen molar-refractivity contribution >= 4 is 64.1 Å². The summed E-state index contributed by atoms with van der Waals surface area (Å²) >= 11 is 0. The molecule has 80 heavy (non-hydrogen) atoms. The molecule has 7 N–H and O–H groups in total. The maximum atomic E-state index is 15.5. The van der Waals surface area contributed by atoms with Crippen LogP contribution in [0.2, 0.25) is 0 Å². The van der Waals surface area contributed by atoms with E-state index < -0.39 is 89.6 Å². The highest BCUT2D eigenvalue weighted by atomic mass is 19.1. The number of esters is 1. The molecule has 23 heteroatoms. The summed E-state index contributed by atoms with van der Waals surface area (Å²) in [6, 6.07) is 10.5. The number of hydrogen-bond donors (Lipinski definition) is 7. The fraction of sp³-hybridized carbons (Fsp3) is 0.456. The third-order valence-corrected chi connectivity index (χ3v) is 15.9. The molecule has 2 aromatic carbocycles. The number of carbonyl (C=O) groups excluding carboxylic acids is 9. The van der Waals surface area contributed by atoms with Crippen LogP contribution >= 0.6 is 0 Å². The van der Waals surface area contributed by atoms with Gasteiger partial charge in [-0.2, -0.15) is 0 Å². The molecule has 5 aliphatic rings. The van der Waals surface area contributed by atoms with Crippen LogP contribution in [-0.4, -0.2) is 118 Å². The van der Waals surface area contributed by atoms with Crippen molar-refractivity contribution in [1.82, 2.24) is 46.4 Å². The van der Waals surface area contributed by atoms with Crippen LogP contribution < -0.4 is 37.5 Å². The van der Waals surface area contributed by atoms with Gasteiger partial charge in [0.15, 0.2) is 5.60 Å². The van der Waals surface area contributed by atoms with Gasteiger partial charge in [-0.15, -0.1) is 0 Å². The molecule has 5 heterocycles. The van der Waals surface area contributed by atoms with E-state index >= 15 is 4.39 Å². The average molecular weight is 1100 g/mol. The summed E-state index contributed by atoms with van der Waals surface area (Å²) in [5.41, 5.74) is 1.45. The van der Waals surface area contributed by atoms with Crippen LogP contribution in [0.4, 0.5) is 4.39 Å². The van der Waals surface area contributed by atoms with Gasteiger partial charge in [-0.05, 0) is 93.0 Å². The summed E-state index contributed by atoms with van der Waals surface area (Å²) in [5.74, 6) is -5.29. The Kier molecular flexibility index (Phi) is 17.0. The first-order valence-electron chi connectivity index (χ1n) is 27.1. The van der Waals surface area contributed by atoms with E-state index in [0.29, 0.717) is 90.3 Å². The lowest BCUT2D eigenvalue weighted by atomic mass is 9.68. The molecule has 1 saturated carbocycles. The molecular weight excluding hydrogens is 1040 g/mol. The zero-order valence-corrected chi connectivity index (χ0v) is 44.6. The van der Waals surface area contributed by atoms with Crippen LogP contribution in [-0.2, 0) is 84.2 Å². The minimum absolute atomic E-state index is 0.0390. The Bertz CT molecular complexity index is 3270. The number of benzene rings is 2. The minimum Gasteiger partial charge on any atom is -0.458 e. The second kappa shape index (κ2) is 24.0. The smallest absolute Gasteiger partial charge is 0.343 e.